The van der Waals surface area contributed by atoms with Gasteiger partial charge >= 0.3 is 0 Å². The van der Waals surface area contributed by atoms with Gasteiger partial charge in [0, 0.05) is 62.0 Å². The number of pyridine rings is 1. The third kappa shape index (κ3) is 3.15. The Kier molecular flexibility index (Phi) is 4.22. The molecule has 2 aromatic rings. The van der Waals surface area contributed by atoms with Gasteiger partial charge in [-0.15, -0.1) is 11.3 Å². The van der Waals surface area contributed by atoms with Gasteiger partial charge in [-0.2, -0.15) is 0 Å². The minimum Gasteiger partial charge on any atom is -0.347 e. The fraction of sp³-hybridized carbons (Fsp3) is 0.500. The van der Waals surface area contributed by atoms with Crippen LogP contribution in [0.3, 0.4) is 0 Å². The quantitative estimate of drug-likeness (QED) is 0.860. The maximum Gasteiger partial charge on any atom is 0.222 e. The number of piperidine rings is 2. The monoisotopic (exact) mass is 342 g/mol. The van der Waals surface area contributed by atoms with Gasteiger partial charge in [-0.1, -0.05) is 0 Å². The van der Waals surface area contributed by atoms with Crippen molar-refractivity contribution >= 4 is 22.4 Å². The Bertz CT molecular complexity index is 690. The van der Waals surface area contributed by atoms with Crippen LogP contribution in [0.1, 0.15) is 31.2 Å². The van der Waals surface area contributed by atoms with E-state index in [1.54, 1.807) is 23.7 Å². The van der Waals surface area contributed by atoms with E-state index in [2.05, 4.69) is 14.9 Å². The Hall–Kier alpha value is -1.95. The third-order valence-electron chi connectivity index (χ3n) is 5.22. The van der Waals surface area contributed by atoms with Crippen LogP contribution in [0.5, 0.6) is 0 Å². The maximum atomic E-state index is 12.4. The molecule has 1 atom stereocenters. The average Bonchev–Trinajstić information content (AvgIpc) is 3.14. The van der Waals surface area contributed by atoms with E-state index in [1.165, 1.54) is 12.8 Å². The molecular formula is C18H22N4OS. The van der Waals surface area contributed by atoms with Gasteiger partial charge in [0.2, 0.25) is 5.91 Å². The van der Waals surface area contributed by atoms with Crippen LogP contribution in [0.15, 0.2) is 36.1 Å². The first kappa shape index (κ1) is 15.6. The number of nitrogens with zero attached hydrogens (tertiary/aromatic N) is 4. The molecule has 0 radical (unpaired) electrons. The number of hydrogen-bond donors (Lipinski definition) is 0. The van der Waals surface area contributed by atoms with Gasteiger partial charge in [0.05, 0.1) is 0 Å². The normalized spacial score (nSPS) is 24.6. The molecule has 2 aliphatic rings. The molecule has 1 spiro atoms. The summed E-state index contributed by atoms with van der Waals surface area (Å²) in [7, 11) is 0. The predicted molar refractivity (Wildman–Crippen MR) is 94.9 cm³/mol. The van der Waals surface area contributed by atoms with Crippen LogP contribution in [0.4, 0.5) is 5.13 Å². The predicted octanol–water partition coefficient (Wildman–Crippen LogP) is 2.95. The van der Waals surface area contributed by atoms with E-state index in [4.69, 9.17) is 0 Å². The van der Waals surface area contributed by atoms with Crippen molar-refractivity contribution in [2.24, 2.45) is 5.41 Å². The summed E-state index contributed by atoms with van der Waals surface area (Å²) in [5.41, 5.74) is 1.37. The van der Waals surface area contributed by atoms with Gasteiger partial charge in [-0.3, -0.25) is 9.78 Å². The first-order valence-corrected chi connectivity index (χ1v) is 9.43. The van der Waals surface area contributed by atoms with Crippen LogP contribution in [0, 0.1) is 5.41 Å². The highest BCUT2D eigenvalue weighted by molar-refractivity contribution is 7.13. The number of thiazole rings is 1. The highest BCUT2D eigenvalue weighted by Crippen LogP contribution is 2.40. The van der Waals surface area contributed by atoms with Crippen molar-refractivity contribution in [2.45, 2.75) is 32.2 Å². The van der Waals surface area contributed by atoms with Crippen LogP contribution in [-0.2, 0) is 11.3 Å². The van der Waals surface area contributed by atoms with E-state index in [0.29, 0.717) is 13.0 Å². The topological polar surface area (TPSA) is 49.3 Å². The molecule has 126 valence electrons. The molecule has 0 bridgehead atoms. The zero-order valence-corrected chi connectivity index (χ0v) is 14.5. The molecule has 0 aliphatic carbocycles. The zero-order chi connectivity index (χ0) is 16.4. The molecule has 5 nitrogen and oxygen atoms in total. The van der Waals surface area contributed by atoms with Gasteiger partial charge in [0.1, 0.15) is 0 Å². The molecule has 2 aliphatic heterocycles. The lowest BCUT2D eigenvalue weighted by atomic mass is 9.73. The largest absolute Gasteiger partial charge is 0.347 e. The van der Waals surface area contributed by atoms with Crippen LogP contribution < -0.4 is 4.90 Å². The second kappa shape index (κ2) is 6.51. The van der Waals surface area contributed by atoms with E-state index >= 15 is 0 Å². The lowest BCUT2D eigenvalue weighted by Crippen LogP contribution is -2.53. The van der Waals surface area contributed by atoms with Crippen molar-refractivity contribution in [1.82, 2.24) is 14.9 Å². The van der Waals surface area contributed by atoms with Crippen molar-refractivity contribution in [2.75, 3.05) is 24.5 Å². The maximum absolute atomic E-state index is 12.4. The molecule has 24 heavy (non-hydrogen) atoms. The van der Waals surface area contributed by atoms with Crippen LogP contribution in [0.25, 0.3) is 0 Å². The second-order valence-electron chi connectivity index (χ2n) is 6.95. The Morgan fingerprint density at radius 1 is 1.17 bits per heavy atom. The Balaban J connectivity index is 1.49. The third-order valence-corrected chi connectivity index (χ3v) is 6.05. The fourth-order valence-electron chi connectivity index (χ4n) is 4.03. The zero-order valence-electron chi connectivity index (χ0n) is 13.7. The minimum absolute atomic E-state index is 0.213. The van der Waals surface area contributed by atoms with Crippen molar-refractivity contribution < 1.29 is 4.79 Å². The fourth-order valence-corrected chi connectivity index (χ4v) is 4.70. The van der Waals surface area contributed by atoms with Gasteiger partial charge in [-0.25, -0.2) is 4.98 Å². The number of anilines is 1. The number of rotatable bonds is 3. The molecular weight excluding hydrogens is 320 g/mol. The molecule has 2 fully saturated rings. The van der Waals surface area contributed by atoms with Gasteiger partial charge < -0.3 is 9.80 Å². The summed E-state index contributed by atoms with van der Waals surface area (Å²) in [4.78, 5) is 25.4. The number of hydrogen-bond acceptors (Lipinski definition) is 5. The molecule has 0 saturated carbocycles. The van der Waals surface area contributed by atoms with Crippen molar-refractivity contribution in [3.8, 4) is 0 Å². The van der Waals surface area contributed by atoms with Gasteiger partial charge in [0.25, 0.3) is 0 Å². The SMILES string of the molecule is O=C1CCC2(CCCN(c3nccs3)C2)CN1Cc1ccncc1. The lowest BCUT2D eigenvalue weighted by molar-refractivity contribution is -0.138. The van der Waals surface area contributed by atoms with Crippen molar-refractivity contribution in [1.29, 1.82) is 0 Å². The molecule has 2 aromatic heterocycles. The second-order valence-corrected chi connectivity index (χ2v) is 7.82. The van der Waals surface area contributed by atoms with E-state index < -0.39 is 0 Å². The summed E-state index contributed by atoms with van der Waals surface area (Å²) in [6.07, 6.45) is 9.51. The molecule has 0 N–H and O–H groups in total. The summed E-state index contributed by atoms with van der Waals surface area (Å²) < 4.78 is 0. The molecule has 1 amide bonds. The van der Waals surface area contributed by atoms with E-state index in [9.17, 15) is 4.79 Å². The van der Waals surface area contributed by atoms with Gasteiger partial charge in [0.15, 0.2) is 5.13 Å². The summed E-state index contributed by atoms with van der Waals surface area (Å²) >= 11 is 1.71. The Morgan fingerprint density at radius 3 is 2.83 bits per heavy atom. The average molecular weight is 342 g/mol. The number of likely N-dealkylation sites (tertiary alicyclic amines) is 1. The Labute approximate surface area is 146 Å². The minimum atomic E-state index is 0.213. The molecule has 1 unspecified atom stereocenters. The molecule has 4 heterocycles. The summed E-state index contributed by atoms with van der Waals surface area (Å²) in [5.74, 6) is 0.281. The smallest absolute Gasteiger partial charge is 0.222 e. The summed E-state index contributed by atoms with van der Waals surface area (Å²) in [6, 6.07) is 3.99. The lowest BCUT2D eigenvalue weighted by Gasteiger charge is -2.48. The van der Waals surface area contributed by atoms with Crippen molar-refractivity contribution in [3.63, 3.8) is 0 Å². The first-order valence-electron chi connectivity index (χ1n) is 8.55. The molecule has 6 heteroatoms. The standard InChI is InChI=1S/C18H22N4OS/c23-16-2-6-18(14-22(16)12-15-3-7-19-8-4-15)5-1-10-21(13-18)17-20-9-11-24-17/h3-4,7-9,11H,1-2,5-6,10,12-14H2. The molecule has 2 saturated heterocycles. The number of aromatic nitrogens is 2. The summed E-state index contributed by atoms with van der Waals surface area (Å²) in [6.45, 7) is 3.64. The number of carbonyl (C=O) groups is 1. The number of amides is 1. The van der Waals surface area contributed by atoms with Crippen LogP contribution in [0.2, 0.25) is 0 Å². The summed E-state index contributed by atoms with van der Waals surface area (Å²) in [5, 5.41) is 3.16. The number of carbonyl (C=O) groups excluding carboxylic acids is 1. The highest BCUT2D eigenvalue weighted by Gasteiger charge is 2.42. The van der Waals surface area contributed by atoms with Crippen LogP contribution in [-0.4, -0.2) is 40.4 Å². The van der Waals surface area contributed by atoms with E-state index in [-0.39, 0.29) is 11.3 Å². The van der Waals surface area contributed by atoms with Crippen LogP contribution >= 0.6 is 11.3 Å². The molecule has 0 aromatic carbocycles. The molecule has 4 rings (SSSR count). The van der Waals surface area contributed by atoms with Gasteiger partial charge in [-0.05, 0) is 37.0 Å². The van der Waals surface area contributed by atoms with E-state index in [1.807, 2.05) is 28.6 Å². The van der Waals surface area contributed by atoms with Crippen molar-refractivity contribution in [3.05, 3.63) is 41.7 Å². The first-order chi connectivity index (χ1) is 11.7. The Morgan fingerprint density at radius 2 is 2.04 bits per heavy atom. The van der Waals surface area contributed by atoms with E-state index in [0.717, 1.165) is 36.8 Å². The highest BCUT2D eigenvalue weighted by atomic mass is 32.1.